The Kier molecular flexibility index (Phi) is 10.9. The molecule has 0 radical (unpaired) electrons. The first kappa shape index (κ1) is 31.7. The van der Waals surface area contributed by atoms with Crippen LogP contribution < -0.4 is 14.4 Å². The molecule has 3 aromatic rings. The van der Waals surface area contributed by atoms with E-state index in [1.807, 2.05) is 64.1 Å². The second-order valence-corrected chi connectivity index (χ2v) is 12.2. The molecule has 0 saturated heterocycles. The van der Waals surface area contributed by atoms with Crippen LogP contribution >= 0.6 is 0 Å². The Bertz CT molecular complexity index is 1430. The second-order valence-electron chi connectivity index (χ2n) is 10.3. The molecule has 0 aliphatic carbocycles. The number of aryl methyl sites for hydroxylation is 2. The fourth-order valence-electron chi connectivity index (χ4n) is 4.38. The lowest BCUT2D eigenvalue weighted by Crippen LogP contribution is -2.53. The minimum atomic E-state index is -4.18. The number of hydrogen-bond acceptors (Lipinski definition) is 5. The number of sulfonamides is 1. The zero-order valence-electron chi connectivity index (χ0n) is 24.8. The first-order chi connectivity index (χ1) is 19.5. The first-order valence-corrected chi connectivity index (χ1v) is 15.3. The number of hydrogen-bond donors (Lipinski definition) is 1. The molecule has 0 bridgehead atoms. The lowest BCUT2D eigenvalue weighted by Gasteiger charge is -2.33. The van der Waals surface area contributed by atoms with Gasteiger partial charge in [-0.05, 0) is 75.9 Å². The van der Waals surface area contributed by atoms with Crippen LogP contribution in [0.5, 0.6) is 5.75 Å². The molecule has 0 heterocycles. The maximum Gasteiger partial charge on any atom is 0.264 e. The van der Waals surface area contributed by atoms with Crippen LogP contribution in [0.1, 0.15) is 43.9 Å². The van der Waals surface area contributed by atoms with Gasteiger partial charge in [-0.15, -0.1) is 0 Å². The summed E-state index contributed by atoms with van der Waals surface area (Å²) in [5, 5.41) is 2.95. The highest BCUT2D eigenvalue weighted by Crippen LogP contribution is 2.33. The average molecular weight is 580 g/mol. The molecule has 0 unspecified atom stereocenters. The van der Waals surface area contributed by atoms with Crippen molar-refractivity contribution in [2.24, 2.45) is 0 Å². The summed E-state index contributed by atoms with van der Waals surface area (Å²) in [5.74, 6) is -0.466. The van der Waals surface area contributed by atoms with E-state index in [-0.39, 0.29) is 29.1 Å². The molecule has 41 heavy (non-hydrogen) atoms. The van der Waals surface area contributed by atoms with Gasteiger partial charge >= 0.3 is 0 Å². The quantitative estimate of drug-likeness (QED) is 0.311. The molecule has 0 saturated carbocycles. The summed E-state index contributed by atoms with van der Waals surface area (Å²) in [6.45, 7) is 8.99. The SMILES string of the molecule is CC[C@@H](C)NC(=O)[C@@H](C)N(CCc1ccccc1)C(=O)CN(c1cc(C)ccc1OC)S(=O)(=O)c1ccc(C)cc1. The van der Waals surface area contributed by atoms with Gasteiger partial charge in [0.25, 0.3) is 10.0 Å². The van der Waals surface area contributed by atoms with Gasteiger partial charge in [-0.3, -0.25) is 13.9 Å². The first-order valence-electron chi connectivity index (χ1n) is 13.9. The third kappa shape index (κ3) is 8.10. The van der Waals surface area contributed by atoms with Crippen molar-refractivity contribution in [2.45, 2.75) is 64.4 Å². The largest absolute Gasteiger partial charge is 0.495 e. The highest BCUT2D eigenvalue weighted by atomic mass is 32.2. The van der Waals surface area contributed by atoms with E-state index in [0.717, 1.165) is 27.4 Å². The summed E-state index contributed by atoms with van der Waals surface area (Å²) in [4.78, 5) is 28.7. The van der Waals surface area contributed by atoms with Gasteiger partial charge in [-0.1, -0.05) is 61.0 Å². The van der Waals surface area contributed by atoms with Crippen molar-refractivity contribution in [3.8, 4) is 5.75 Å². The Balaban J connectivity index is 2.04. The number of rotatable bonds is 13. The van der Waals surface area contributed by atoms with Crippen molar-refractivity contribution < 1.29 is 22.7 Å². The average Bonchev–Trinajstić information content (AvgIpc) is 2.96. The van der Waals surface area contributed by atoms with E-state index >= 15 is 0 Å². The number of anilines is 1. The van der Waals surface area contributed by atoms with Crippen LogP contribution in [0.2, 0.25) is 0 Å². The van der Waals surface area contributed by atoms with Crippen LogP contribution in [0.15, 0.2) is 77.7 Å². The van der Waals surface area contributed by atoms with Crippen LogP contribution in [-0.2, 0) is 26.0 Å². The van der Waals surface area contributed by atoms with Crippen LogP contribution in [0.3, 0.4) is 0 Å². The molecular weight excluding hydrogens is 538 g/mol. The maximum absolute atomic E-state index is 14.1. The van der Waals surface area contributed by atoms with E-state index in [1.165, 1.54) is 24.1 Å². The number of carbonyl (C=O) groups excluding carboxylic acids is 2. The Morgan fingerprint density at radius 3 is 2.17 bits per heavy atom. The summed E-state index contributed by atoms with van der Waals surface area (Å²) in [7, 11) is -2.72. The fourth-order valence-corrected chi connectivity index (χ4v) is 5.80. The third-order valence-corrected chi connectivity index (χ3v) is 8.92. The van der Waals surface area contributed by atoms with Gasteiger partial charge in [0, 0.05) is 12.6 Å². The van der Waals surface area contributed by atoms with E-state index in [0.29, 0.717) is 12.2 Å². The molecule has 9 heteroatoms. The van der Waals surface area contributed by atoms with Gasteiger partial charge in [-0.25, -0.2) is 8.42 Å². The minimum Gasteiger partial charge on any atom is -0.495 e. The van der Waals surface area contributed by atoms with Gasteiger partial charge in [0.1, 0.15) is 18.3 Å². The van der Waals surface area contributed by atoms with Gasteiger partial charge in [0.15, 0.2) is 0 Å². The molecule has 8 nitrogen and oxygen atoms in total. The van der Waals surface area contributed by atoms with Crippen LogP contribution in [0.4, 0.5) is 5.69 Å². The fraction of sp³-hybridized carbons (Fsp3) is 0.375. The molecule has 2 amide bonds. The van der Waals surface area contributed by atoms with Gasteiger partial charge in [-0.2, -0.15) is 0 Å². The normalized spacial score (nSPS) is 12.7. The second kappa shape index (κ2) is 14.2. The van der Waals surface area contributed by atoms with Gasteiger partial charge in [0.2, 0.25) is 11.8 Å². The highest BCUT2D eigenvalue weighted by molar-refractivity contribution is 7.92. The monoisotopic (exact) mass is 579 g/mol. The molecule has 220 valence electrons. The summed E-state index contributed by atoms with van der Waals surface area (Å²) >= 11 is 0. The topological polar surface area (TPSA) is 96.0 Å². The molecule has 0 spiro atoms. The predicted octanol–water partition coefficient (Wildman–Crippen LogP) is 4.88. The lowest BCUT2D eigenvalue weighted by molar-refractivity contribution is -0.139. The summed E-state index contributed by atoms with van der Waals surface area (Å²) in [6.07, 6.45) is 1.25. The van der Waals surface area contributed by atoms with Crippen molar-refractivity contribution >= 4 is 27.5 Å². The molecule has 0 aliphatic heterocycles. The van der Waals surface area contributed by atoms with Crippen molar-refractivity contribution in [2.75, 3.05) is 24.5 Å². The zero-order chi connectivity index (χ0) is 30.2. The Labute approximate surface area is 244 Å². The maximum atomic E-state index is 14.1. The number of nitrogens with one attached hydrogen (secondary N) is 1. The molecule has 2 atom stereocenters. The Morgan fingerprint density at radius 1 is 0.927 bits per heavy atom. The Hall–Kier alpha value is -3.85. The molecular formula is C32H41N3O5S. The van der Waals surface area contributed by atoms with Crippen LogP contribution in [0, 0.1) is 13.8 Å². The summed E-state index contributed by atoms with van der Waals surface area (Å²) < 4.78 is 34.7. The van der Waals surface area contributed by atoms with E-state index in [2.05, 4.69) is 5.32 Å². The van der Waals surface area contributed by atoms with Crippen molar-refractivity contribution in [1.82, 2.24) is 10.2 Å². The molecule has 3 rings (SSSR count). The minimum absolute atomic E-state index is 0.0536. The number of methoxy groups -OCH3 is 1. The van der Waals surface area contributed by atoms with E-state index < -0.39 is 28.5 Å². The number of carbonyl (C=O) groups is 2. The molecule has 0 fully saturated rings. The third-order valence-electron chi connectivity index (χ3n) is 7.14. The standard InChI is InChI=1S/C32H41N3O5S/c1-7-25(4)33-32(37)26(5)34(20-19-27-11-9-8-10-12-27)31(36)22-35(29-21-24(3)15-18-30(29)40-6)41(38,39)28-16-13-23(2)14-17-28/h8-18,21,25-26H,7,19-20,22H2,1-6H3,(H,33,37)/t25-,26-/m1/s1. The van der Waals surface area contributed by atoms with Crippen molar-refractivity contribution in [3.63, 3.8) is 0 Å². The predicted molar refractivity (Wildman–Crippen MR) is 163 cm³/mol. The van der Waals surface area contributed by atoms with Crippen molar-refractivity contribution in [3.05, 3.63) is 89.5 Å². The summed E-state index contributed by atoms with van der Waals surface area (Å²) in [6, 6.07) is 20.5. The molecule has 0 aliphatic rings. The highest BCUT2D eigenvalue weighted by Gasteiger charge is 2.34. The van der Waals surface area contributed by atoms with E-state index in [1.54, 1.807) is 31.2 Å². The molecule has 0 aromatic heterocycles. The smallest absolute Gasteiger partial charge is 0.264 e. The molecule has 1 N–H and O–H groups in total. The number of amides is 2. The lowest BCUT2D eigenvalue weighted by atomic mass is 10.1. The molecule has 3 aromatic carbocycles. The van der Waals surface area contributed by atoms with Crippen LogP contribution in [0.25, 0.3) is 0 Å². The van der Waals surface area contributed by atoms with Gasteiger partial charge in [0.05, 0.1) is 17.7 Å². The zero-order valence-corrected chi connectivity index (χ0v) is 25.6. The van der Waals surface area contributed by atoms with E-state index in [4.69, 9.17) is 4.74 Å². The number of nitrogens with zero attached hydrogens (tertiary/aromatic N) is 2. The number of benzene rings is 3. The van der Waals surface area contributed by atoms with E-state index in [9.17, 15) is 18.0 Å². The summed E-state index contributed by atoms with van der Waals surface area (Å²) in [5.41, 5.74) is 2.97. The van der Waals surface area contributed by atoms with Gasteiger partial charge < -0.3 is 15.0 Å². The van der Waals surface area contributed by atoms with Crippen LogP contribution in [-0.4, -0.2) is 57.4 Å². The van der Waals surface area contributed by atoms with Crippen molar-refractivity contribution in [1.29, 1.82) is 0 Å². The Morgan fingerprint density at radius 2 is 1.56 bits per heavy atom. The number of ether oxygens (including phenoxy) is 1.